The van der Waals surface area contributed by atoms with Crippen LogP contribution in [0, 0.1) is 142 Å². The van der Waals surface area contributed by atoms with Crippen LogP contribution in [0.5, 0.6) is 0 Å². The van der Waals surface area contributed by atoms with Crippen molar-refractivity contribution in [3.8, 4) is 142 Å². The van der Waals surface area contributed by atoms with Crippen LogP contribution in [-0.4, -0.2) is 92.8 Å². The smallest absolute Gasteiger partial charge is 0.297 e. The highest BCUT2D eigenvalue weighted by atomic mass is 32.1. The molecule has 8 atom stereocenters. The molecule has 60 heavy (non-hydrogen) atoms. The van der Waals surface area contributed by atoms with Gasteiger partial charge in [-0.05, 0) is 108 Å². The molecule has 1 saturated heterocycles. The van der Waals surface area contributed by atoms with E-state index in [1.807, 2.05) is 0 Å². The summed E-state index contributed by atoms with van der Waals surface area (Å²) in [5, 5.41) is 55.2. The van der Waals surface area contributed by atoms with Crippen molar-refractivity contribution < 1.29 is 74.0 Å². The lowest BCUT2D eigenvalue weighted by Gasteiger charge is -2.40. The third kappa shape index (κ3) is 26.3. The highest BCUT2D eigenvalue weighted by Crippen LogP contribution is 2.23. The number of hydrogen-bond acceptors (Lipinski definition) is 9. The Kier molecular flexibility index (Phi) is 31.7. The number of carbonyl (C=O) groups is 1. The monoisotopic (exact) mass is 874 g/mol. The number of carbonyl (C=O) groups excluding carboxylic acids is 1. The van der Waals surface area contributed by atoms with Crippen molar-refractivity contribution in [2.45, 2.75) is 146 Å². The van der Waals surface area contributed by atoms with Crippen molar-refractivity contribution in [2.75, 3.05) is 12.4 Å². The first-order valence-corrected chi connectivity index (χ1v) is 20.4. The van der Waals surface area contributed by atoms with E-state index in [1.54, 1.807) is 6.92 Å². The molecule has 0 radical (unpaired) electrons. The Balaban J connectivity index is -0.0000000682. The first-order valence-electron chi connectivity index (χ1n) is 19.8. The van der Waals surface area contributed by atoms with Crippen molar-refractivity contribution in [1.29, 1.82) is 0 Å². The highest BCUT2D eigenvalue weighted by molar-refractivity contribution is 7.80. The summed E-state index contributed by atoms with van der Waals surface area (Å²) in [6.07, 6.45) is 4.46. The molecule has 6 N–H and O–H groups in total. The first kappa shape index (κ1) is 52.3. The fourth-order valence-electron chi connectivity index (χ4n) is 5.24. The van der Waals surface area contributed by atoms with E-state index in [0.29, 0.717) is 6.42 Å². The van der Waals surface area contributed by atoms with Crippen LogP contribution in [0.1, 0.15) is 132 Å². The number of unbranched alkanes of at least 4 members (excludes halogenated alkanes) is 11. The molecule has 0 aromatic rings. The van der Waals surface area contributed by atoms with Crippen LogP contribution < -0.4 is 5.32 Å². The zero-order chi connectivity index (χ0) is 43.9. The molecule has 0 bridgehead atoms. The number of aliphatic hydroxyl groups is 5. The number of amides is 1. The van der Waals surface area contributed by atoms with Gasteiger partial charge in [-0.3, -0.25) is 4.79 Å². The van der Waals surface area contributed by atoms with Crippen LogP contribution in [0.25, 0.3) is 0 Å². The maximum absolute atomic E-state index is 12.7. The number of ether oxygens (including phenoxy) is 2. The van der Waals surface area contributed by atoms with Gasteiger partial charge in [-0.2, -0.15) is 12.6 Å². The molecule has 1 amide bonds. The molecule has 1 fully saturated rings. The maximum Gasteiger partial charge on any atom is 0.297 e. The van der Waals surface area contributed by atoms with Gasteiger partial charge in [0.05, 0.1) is 24.9 Å². The molecule has 0 spiro atoms. The molecule has 1 heterocycles. The Hall–Kier alpha value is -5.74. The van der Waals surface area contributed by atoms with Crippen LogP contribution in [0.2, 0.25) is 0 Å². The van der Waals surface area contributed by atoms with E-state index in [4.69, 9.17) is 9.47 Å². The largest absolute Gasteiger partial charge is 0.390 e. The summed E-state index contributed by atoms with van der Waals surface area (Å²) in [7, 11) is 0. The van der Waals surface area contributed by atoms with E-state index in [0.717, 1.165) is 19.3 Å². The predicted molar refractivity (Wildman–Crippen MR) is 286 cm³/mol. The van der Waals surface area contributed by atoms with Crippen LogP contribution in [0.4, 0.5) is 0 Å². The predicted octanol–water partition coefficient (Wildman–Crippen LogP) is 8.00. The fourth-order valence-corrected chi connectivity index (χ4v) is 5.54. The van der Waals surface area contributed by atoms with E-state index < -0.39 is 61.5 Å². The van der Waals surface area contributed by atoms with Gasteiger partial charge in [-0.1, -0.05) is 89.9 Å². The Bertz CT molecular complexity index is 2220. The lowest BCUT2D eigenvalue weighted by Crippen LogP contribution is -2.60. The summed E-state index contributed by atoms with van der Waals surface area (Å²) >= 11 is 4.11. The normalized spacial score (nSPS) is 17.8. The second kappa shape index (κ2) is 36.3. The van der Waals surface area contributed by atoms with Crippen LogP contribution >= 0.6 is 12.6 Å². The van der Waals surface area contributed by atoms with E-state index in [2.05, 4.69) is 167 Å². The molecule has 1 aliphatic rings. The van der Waals surface area contributed by atoms with Crippen molar-refractivity contribution >= 4 is 18.5 Å². The number of hydrogen-bond donors (Lipinski definition) is 7. The number of rotatable bonds is 20. The summed E-state index contributed by atoms with van der Waals surface area (Å²) in [6.45, 7) is 3.46. The molecular weight excluding hydrogens is 775 g/mol. The van der Waals surface area contributed by atoms with Gasteiger partial charge in [0, 0.05) is 81.4 Å². The second-order valence-electron chi connectivity index (χ2n) is 13.0. The van der Waals surface area contributed by atoms with Gasteiger partial charge < -0.3 is 40.3 Å². The lowest BCUT2D eigenvalue weighted by atomic mass is 9.98. The Labute approximate surface area is 398 Å². The minimum absolute atomic E-state index is 0. The van der Waals surface area contributed by atoms with Crippen molar-refractivity contribution in [1.82, 2.24) is 5.32 Å². The van der Waals surface area contributed by atoms with Crippen molar-refractivity contribution in [2.24, 2.45) is 0 Å². The van der Waals surface area contributed by atoms with Gasteiger partial charge >= 0.3 is 0 Å². The molecule has 358 valence electrons. The number of thiol groups is 1. The average Bonchev–Trinajstić information content (AvgIpc) is 3.25. The lowest BCUT2D eigenvalue weighted by molar-refractivity contribution is -0.294. The summed E-state index contributed by atoms with van der Waals surface area (Å²) in [5.74, 6) is 58.7. The summed E-state index contributed by atoms with van der Waals surface area (Å²) in [6, 6.07) is -1.19. The van der Waals surface area contributed by atoms with Gasteiger partial charge in [0.1, 0.15) is 24.4 Å². The molecular formula is C50H99NO8S. The molecule has 0 aliphatic carbocycles. The van der Waals surface area contributed by atoms with E-state index in [-0.39, 0.29) is 46.4 Å². The molecule has 9 nitrogen and oxygen atoms in total. The standard InChI is InChI=1S/C50H51NO8S.24H2/c1-3-5-7-9-11-13-15-17-18-19-20-21-22-23-24-25-26-27-29-31-33-35-37-39-45(53)51-42(40-58-50-49(57)48(56)47(55)44(41-60)59-50)46(54)43(52)38-36-34-32-30-28-16-14-12-10-8-6-4-2;;;;;;;;;;;;;;;;;;;;;;;;/h42-44,46-50,52,54-57,60H,4,6,8,10,12,14,16,28,30,32,34,36,38,40-41H2,1-2H3,(H,51,53);24*1H/t42-,43+,44?,46-,47-,48-,49?,50-;;;;;;;;;;;;;;;;;;;;;;;;/m0......................../s1. The minimum Gasteiger partial charge on any atom is -0.390 e. The first-order chi connectivity index (χ1) is 29.3. The van der Waals surface area contributed by atoms with Gasteiger partial charge in [0.15, 0.2) is 6.29 Å². The fraction of sp³-hybridized carbons (Fsp3) is 0.500. The number of aliphatic hydroxyl groups excluding tert-OH is 5. The van der Waals surface area contributed by atoms with Gasteiger partial charge in [0.25, 0.3) is 5.91 Å². The molecule has 0 aromatic carbocycles. The van der Waals surface area contributed by atoms with E-state index in [9.17, 15) is 30.3 Å². The van der Waals surface area contributed by atoms with E-state index >= 15 is 0 Å². The van der Waals surface area contributed by atoms with Crippen LogP contribution in [-0.2, 0) is 14.3 Å². The highest BCUT2D eigenvalue weighted by Gasteiger charge is 2.44. The zero-order valence-electron chi connectivity index (χ0n) is 34.1. The Morgan fingerprint density at radius 3 is 1.43 bits per heavy atom. The molecule has 0 aromatic heterocycles. The minimum atomic E-state index is -1.62. The van der Waals surface area contributed by atoms with Crippen molar-refractivity contribution in [3.05, 3.63) is 0 Å². The summed E-state index contributed by atoms with van der Waals surface area (Å²) in [5.41, 5.74) is 0. The van der Waals surface area contributed by atoms with Crippen LogP contribution in [0.15, 0.2) is 0 Å². The molecule has 0 saturated carbocycles. The Morgan fingerprint density at radius 1 is 0.617 bits per heavy atom. The maximum atomic E-state index is 12.7. The topological polar surface area (TPSA) is 149 Å². The number of nitrogens with one attached hydrogen (secondary N) is 1. The SMILES string of the molecule is CC#CC#CC#CC#CC#CC#CC#CC#CC#CC#CC#CC#CC(=O)N[C@@H](CO[C@H]1OC(CS)[C@H](O)[C@H](O)C1O)[C@H](O)[C@H](O)CCCCCCCCCCCCCC.[HH].[HH].[HH].[HH].[HH].[HH].[HH].[HH].[HH].[HH].[HH].[HH].[HH].[HH].[HH].[HH].[HH].[HH].[HH].[HH].[HH].[HH].[HH].[HH]. The Morgan fingerprint density at radius 2 is 1.02 bits per heavy atom. The molecule has 1 aliphatic heterocycles. The molecule has 2 unspecified atom stereocenters. The molecule has 10 heteroatoms. The second-order valence-corrected chi connectivity index (χ2v) is 13.3. The zero-order valence-corrected chi connectivity index (χ0v) is 35.0. The van der Waals surface area contributed by atoms with E-state index in [1.165, 1.54) is 51.4 Å². The third-order valence-corrected chi connectivity index (χ3v) is 8.74. The van der Waals surface area contributed by atoms with Crippen molar-refractivity contribution in [3.63, 3.8) is 0 Å². The average molecular weight is 874 g/mol. The molecule has 1 rings (SSSR count). The third-order valence-electron chi connectivity index (χ3n) is 8.38. The van der Waals surface area contributed by atoms with Crippen LogP contribution in [0.3, 0.4) is 0 Å². The van der Waals surface area contributed by atoms with Gasteiger partial charge in [-0.25, -0.2) is 0 Å². The summed E-state index contributed by atoms with van der Waals surface area (Å²) in [4.78, 5) is 12.7. The van der Waals surface area contributed by atoms with Gasteiger partial charge in [-0.15, -0.1) is 0 Å². The quantitative estimate of drug-likeness (QED) is 0.0370. The summed E-state index contributed by atoms with van der Waals surface area (Å²) < 4.78 is 11.2. The van der Waals surface area contributed by atoms with Gasteiger partial charge in [0.2, 0.25) is 0 Å².